The molecule has 0 spiro atoms. The number of hydrogen-bond donors (Lipinski definition) is 0. The zero-order valence-electron chi connectivity index (χ0n) is 8.48. The van der Waals surface area contributed by atoms with E-state index in [1.807, 2.05) is 0 Å². The molecule has 5 heteroatoms. The molecule has 1 rings (SSSR count). The van der Waals surface area contributed by atoms with E-state index in [1.54, 1.807) is 25.4 Å². The van der Waals surface area contributed by atoms with E-state index in [2.05, 4.69) is 9.83 Å². The van der Waals surface area contributed by atoms with Crippen molar-refractivity contribution in [2.75, 3.05) is 6.61 Å². The molecule has 1 aromatic heterocycles. The summed E-state index contributed by atoms with van der Waals surface area (Å²) in [7, 11) is 0. The maximum atomic E-state index is 11.4. The van der Waals surface area contributed by atoms with Crippen LogP contribution in [-0.2, 0) is 9.53 Å². The van der Waals surface area contributed by atoms with E-state index >= 15 is 0 Å². The van der Waals surface area contributed by atoms with Gasteiger partial charge in [-0.3, -0.25) is 4.79 Å². The monoisotopic (exact) mass is 222 g/mol. The number of carbonyl (C=O) groups excluding carboxylic acids is 1. The topological polar surface area (TPSA) is 43.5 Å². The number of nitrogens with zero attached hydrogens (tertiary/aromatic N) is 2. The number of allylic oxidation sites excluding steroid dienone is 1. The summed E-state index contributed by atoms with van der Waals surface area (Å²) in [6.07, 6.45) is 1.64. The summed E-state index contributed by atoms with van der Waals surface area (Å²) in [6.45, 7) is 10.6. The highest BCUT2D eigenvalue weighted by molar-refractivity contribution is 7.10. The van der Waals surface area contributed by atoms with Gasteiger partial charge >= 0.3 is 5.97 Å². The van der Waals surface area contributed by atoms with E-state index in [4.69, 9.17) is 11.3 Å². The first-order chi connectivity index (χ1) is 7.20. The molecule has 1 heterocycles. The predicted molar refractivity (Wildman–Crippen MR) is 57.9 cm³/mol. The Morgan fingerprint density at radius 3 is 2.93 bits per heavy atom. The van der Waals surface area contributed by atoms with Crippen LogP contribution < -0.4 is 0 Å². The van der Waals surface area contributed by atoms with Gasteiger partial charge < -0.3 is 4.74 Å². The van der Waals surface area contributed by atoms with Crippen LogP contribution in [0.5, 0.6) is 0 Å². The fourth-order valence-electron chi connectivity index (χ4n) is 0.992. The average molecular weight is 222 g/mol. The molecular formula is C10H10N2O2S. The summed E-state index contributed by atoms with van der Waals surface area (Å²) >= 11 is 1.39. The minimum atomic E-state index is -0.583. The molecule has 4 nitrogen and oxygen atoms in total. The number of esters is 1. The van der Waals surface area contributed by atoms with E-state index < -0.39 is 5.97 Å². The summed E-state index contributed by atoms with van der Waals surface area (Å²) < 4.78 is 4.78. The molecule has 1 aromatic rings. The first-order valence-electron chi connectivity index (χ1n) is 4.36. The zero-order chi connectivity index (χ0) is 11.3. The molecule has 15 heavy (non-hydrogen) atoms. The molecule has 0 fully saturated rings. The summed E-state index contributed by atoms with van der Waals surface area (Å²) in [5, 5.41) is 2.47. The zero-order valence-corrected chi connectivity index (χ0v) is 9.30. The highest BCUT2D eigenvalue weighted by atomic mass is 32.1. The number of thiazole rings is 1. The van der Waals surface area contributed by atoms with E-state index in [0.717, 1.165) is 0 Å². The molecule has 0 bridgehead atoms. The first-order valence-corrected chi connectivity index (χ1v) is 5.24. The van der Waals surface area contributed by atoms with Crippen molar-refractivity contribution in [3.63, 3.8) is 0 Å². The first kappa shape index (κ1) is 11.4. The Balaban J connectivity index is 3.05. The van der Waals surface area contributed by atoms with E-state index in [9.17, 15) is 4.79 Å². The molecule has 78 valence electrons. The Hall–Kier alpha value is -1.67. The Labute approximate surface area is 92.0 Å². The number of rotatable bonds is 3. The molecule has 0 atom stereocenters. The second-order valence-electron chi connectivity index (χ2n) is 2.64. The van der Waals surface area contributed by atoms with Crippen molar-refractivity contribution in [1.29, 1.82) is 0 Å². The standard InChI is InChI=1S/C10H10N2O2S/c1-4-14-10(13)8(11-3)7(2)9-12-5-6-15-9/h5-6H,4H2,1-2H3/b8-7+. The van der Waals surface area contributed by atoms with Crippen molar-refractivity contribution in [2.24, 2.45) is 0 Å². The van der Waals surface area contributed by atoms with Crippen LogP contribution in [0.3, 0.4) is 0 Å². The number of aromatic nitrogens is 1. The molecule has 0 N–H and O–H groups in total. The van der Waals surface area contributed by atoms with Crippen molar-refractivity contribution in [3.8, 4) is 0 Å². The molecule has 0 aromatic carbocycles. The third-order valence-corrected chi connectivity index (χ3v) is 2.58. The Kier molecular flexibility index (Phi) is 4.01. The quantitative estimate of drug-likeness (QED) is 0.448. The van der Waals surface area contributed by atoms with Gasteiger partial charge in [-0.25, -0.2) is 9.83 Å². The lowest BCUT2D eigenvalue weighted by Gasteiger charge is -2.02. The smallest absolute Gasteiger partial charge is 0.336 e. The van der Waals surface area contributed by atoms with Crippen LogP contribution in [0.1, 0.15) is 18.9 Å². The Bertz CT molecular complexity index is 415. The molecule has 0 aliphatic heterocycles. The Morgan fingerprint density at radius 2 is 2.47 bits per heavy atom. The van der Waals surface area contributed by atoms with Gasteiger partial charge in [0.25, 0.3) is 5.70 Å². The van der Waals surface area contributed by atoms with Gasteiger partial charge in [0.2, 0.25) is 0 Å². The molecule has 0 amide bonds. The summed E-state index contributed by atoms with van der Waals surface area (Å²) in [5.41, 5.74) is 0.574. The third-order valence-electron chi connectivity index (χ3n) is 1.69. The summed E-state index contributed by atoms with van der Waals surface area (Å²) in [4.78, 5) is 18.6. The van der Waals surface area contributed by atoms with Crippen molar-refractivity contribution in [2.45, 2.75) is 13.8 Å². The van der Waals surface area contributed by atoms with Crippen LogP contribution >= 0.6 is 11.3 Å². The molecule has 0 saturated carbocycles. The van der Waals surface area contributed by atoms with Crippen molar-refractivity contribution < 1.29 is 9.53 Å². The van der Waals surface area contributed by atoms with Gasteiger partial charge in [-0.15, -0.1) is 11.3 Å². The normalized spacial score (nSPS) is 11.5. The highest BCUT2D eigenvalue weighted by Gasteiger charge is 2.16. The van der Waals surface area contributed by atoms with Gasteiger partial charge in [0.15, 0.2) is 0 Å². The van der Waals surface area contributed by atoms with E-state index in [1.165, 1.54) is 11.3 Å². The predicted octanol–water partition coefficient (Wildman–Crippen LogP) is 2.36. The fraction of sp³-hybridized carbons (Fsp3) is 0.300. The second-order valence-corrected chi connectivity index (χ2v) is 3.54. The third kappa shape index (κ3) is 2.64. The lowest BCUT2D eigenvalue weighted by atomic mass is 10.2. The van der Waals surface area contributed by atoms with Gasteiger partial charge in [-0.1, -0.05) is 0 Å². The van der Waals surface area contributed by atoms with Crippen LogP contribution in [0.25, 0.3) is 10.4 Å². The molecule has 0 radical (unpaired) electrons. The van der Waals surface area contributed by atoms with Gasteiger partial charge in [0.1, 0.15) is 5.01 Å². The van der Waals surface area contributed by atoms with Gasteiger partial charge in [0.05, 0.1) is 13.2 Å². The minimum absolute atomic E-state index is 0.00630. The molecule has 0 saturated heterocycles. The van der Waals surface area contributed by atoms with Crippen molar-refractivity contribution in [3.05, 3.63) is 33.7 Å². The van der Waals surface area contributed by atoms with E-state index in [-0.39, 0.29) is 12.3 Å². The molecule has 0 aliphatic rings. The lowest BCUT2D eigenvalue weighted by Crippen LogP contribution is -2.06. The molecule has 0 aliphatic carbocycles. The number of hydrogen-bond acceptors (Lipinski definition) is 4. The SMILES string of the molecule is [C-]#[N+]/C(C(=O)OCC)=C(\C)c1nccs1. The maximum absolute atomic E-state index is 11.4. The Morgan fingerprint density at radius 1 is 1.73 bits per heavy atom. The molecule has 0 unspecified atom stereocenters. The summed E-state index contributed by atoms with van der Waals surface area (Å²) in [6, 6.07) is 0. The van der Waals surface area contributed by atoms with Crippen LogP contribution in [0.15, 0.2) is 17.3 Å². The highest BCUT2D eigenvalue weighted by Crippen LogP contribution is 2.21. The maximum Gasteiger partial charge on any atom is 0.336 e. The number of ether oxygens (including phenoxy) is 1. The second kappa shape index (κ2) is 5.27. The van der Waals surface area contributed by atoms with Crippen LogP contribution in [0, 0.1) is 6.57 Å². The van der Waals surface area contributed by atoms with Gasteiger partial charge in [0, 0.05) is 11.6 Å². The summed E-state index contributed by atoms with van der Waals surface area (Å²) in [5.74, 6) is -0.583. The van der Waals surface area contributed by atoms with Crippen LogP contribution in [-0.4, -0.2) is 17.6 Å². The molecular weight excluding hydrogens is 212 g/mol. The van der Waals surface area contributed by atoms with Crippen molar-refractivity contribution >= 4 is 22.9 Å². The largest absolute Gasteiger partial charge is 0.471 e. The van der Waals surface area contributed by atoms with Gasteiger partial charge in [-0.05, 0) is 19.4 Å². The fourth-order valence-corrected chi connectivity index (χ4v) is 1.64. The number of carbonyl (C=O) groups is 1. The van der Waals surface area contributed by atoms with Crippen LogP contribution in [0.4, 0.5) is 0 Å². The van der Waals surface area contributed by atoms with E-state index in [0.29, 0.717) is 10.6 Å². The average Bonchev–Trinajstić information content (AvgIpc) is 2.71. The minimum Gasteiger partial charge on any atom is -0.471 e. The lowest BCUT2D eigenvalue weighted by molar-refractivity contribution is -0.138. The van der Waals surface area contributed by atoms with Crippen LogP contribution in [0.2, 0.25) is 0 Å². The van der Waals surface area contributed by atoms with Gasteiger partial charge in [-0.2, -0.15) is 0 Å². The van der Waals surface area contributed by atoms with Crippen molar-refractivity contribution in [1.82, 2.24) is 4.98 Å².